The number of hydrogen-bond donors (Lipinski definition) is 2. The van der Waals surface area contributed by atoms with Crippen molar-refractivity contribution in [1.29, 1.82) is 0 Å². The SMILES string of the molecule is CCCCCC(C)NC(=O)c1ccc(N)cc1Cl. The van der Waals surface area contributed by atoms with E-state index >= 15 is 0 Å². The van der Waals surface area contributed by atoms with Gasteiger partial charge in [-0.25, -0.2) is 0 Å². The first-order valence-electron chi connectivity index (χ1n) is 6.40. The van der Waals surface area contributed by atoms with Gasteiger partial charge in [-0.2, -0.15) is 0 Å². The molecule has 1 aromatic rings. The molecule has 0 aliphatic carbocycles. The molecule has 0 saturated carbocycles. The highest BCUT2D eigenvalue weighted by molar-refractivity contribution is 6.34. The van der Waals surface area contributed by atoms with Crippen molar-refractivity contribution < 1.29 is 4.79 Å². The minimum atomic E-state index is -0.135. The second-order valence-electron chi connectivity index (χ2n) is 4.61. The second-order valence-corrected chi connectivity index (χ2v) is 5.02. The van der Waals surface area contributed by atoms with Gasteiger partial charge in [-0.05, 0) is 31.5 Å². The number of nitrogen functional groups attached to an aromatic ring is 1. The second kappa shape index (κ2) is 7.27. The topological polar surface area (TPSA) is 55.1 Å². The summed E-state index contributed by atoms with van der Waals surface area (Å²) in [5, 5.41) is 3.35. The van der Waals surface area contributed by atoms with Crippen molar-refractivity contribution >= 4 is 23.2 Å². The van der Waals surface area contributed by atoms with Gasteiger partial charge in [0, 0.05) is 11.7 Å². The van der Waals surface area contributed by atoms with Crippen LogP contribution >= 0.6 is 11.6 Å². The van der Waals surface area contributed by atoms with Crippen LogP contribution in [0.25, 0.3) is 0 Å². The molecule has 3 nitrogen and oxygen atoms in total. The van der Waals surface area contributed by atoms with Crippen molar-refractivity contribution in [2.75, 3.05) is 5.73 Å². The first-order valence-corrected chi connectivity index (χ1v) is 6.78. The molecule has 1 amide bonds. The fourth-order valence-electron chi connectivity index (χ4n) is 1.79. The molecule has 0 bridgehead atoms. The van der Waals surface area contributed by atoms with Crippen molar-refractivity contribution in [2.24, 2.45) is 0 Å². The zero-order valence-corrected chi connectivity index (χ0v) is 11.8. The Labute approximate surface area is 114 Å². The van der Waals surface area contributed by atoms with E-state index in [1.807, 2.05) is 6.92 Å². The van der Waals surface area contributed by atoms with E-state index in [2.05, 4.69) is 12.2 Å². The highest BCUT2D eigenvalue weighted by Gasteiger charge is 2.12. The molecule has 4 heteroatoms. The van der Waals surface area contributed by atoms with Crippen LogP contribution < -0.4 is 11.1 Å². The molecule has 0 heterocycles. The summed E-state index contributed by atoms with van der Waals surface area (Å²) in [6, 6.07) is 5.10. The van der Waals surface area contributed by atoms with Crippen LogP contribution in [0.15, 0.2) is 18.2 Å². The van der Waals surface area contributed by atoms with E-state index in [1.54, 1.807) is 18.2 Å². The van der Waals surface area contributed by atoms with Crippen LogP contribution in [0, 0.1) is 0 Å². The van der Waals surface area contributed by atoms with Gasteiger partial charge in [-0.15, -0.1) is 0 Å². The summed E-state index contributed by atoms with van der Waals surface area (Å²) in [6.45, 7) is 4.18. The molecular weight excluding hydrogens is 248 g/mol. The normalized spacial score (nSPS) is 12.2. The monoisotopic (exact) mass is 268 g/mol. The molecule has 0 aliphatic heterocycles. The number of anilines is 1. The predicted octanol–water partition coefficient (Wildman–Crippen LogP) is 3.62. The lowest BCUT2D eigenvalue weighted by Gasteiger charge is -2.14. The fourth-order valence-corrected chi connectivity index (χ4v) is 2.06. The average molecular weight is 269 g/mol. The third-order valence-corrected chi connectivity index (χ3v) is 3.17. The van der Waals surface area contributed by atoms with Crippen molar-refractivity contribution in [3.8, 4) is 0 Å². The van der Waals surface area contributed by atoms with Gasteiger partial charge >= 0.3 is 0 Å². The molecular formula is C14H21ClN2O. The lowest BCUT2D eigenvalue weighted by Crippen LogP contribution is -2.32. The van der Waals surface area contributed by atoms with Gasteiger partial charge in [-0.1, -0.05) is 37.8 Å². The van der Waals surface area contributed by atoms with Crippen molar-refractivity contribution in [3.63, 3.8) is 0 Å². The minimum absolute atomic E-state index is 0.135. The zero-order valence-electron chi connectivity index (χ0n) is 11.0. The van der Waals surface area contributed by atoms with Gasteiger partial charge in [0.25, 0.3) is 5.91 Å². The number of rotatable bonds is 6. The number of unbranched alkanes of at least 4 members (excludes halogenated alkanes) is 2. The van der Waals surface area contributed by atoms with Crippen LogP contribution in [-0.4, -0.2) is 11.9 Å². The van der Waals surface area contributed by atoms with Crippen LogP contribution in [-0.2, 0) is 0 Å². The van der Waals surface area contributed by atoms with Gasteiger partial charge in [0.05, 0.1) is 10.6 Å². The molecule has 0 radical (unpaired) electrons. The van der Waals surface area contributed by atoms with Crippen molar-refractivity contribution in [1.82, 2.24) is 5.32 Å². The number of amides is 1. The van der Waals surface area contributed by atoms with E-state index in [4.69, 9.17) is 17.3 Å². The zero-order chi connectivity index (χ0) is 13.5. The molecule has 1 rings (SSSR count). The molecule has 3 N–H and O–H groups in total. The number of carbonyl (C=O) groups is 1. The number of carbonyl (C=O) groups excluding carboxylic acids is 1. The maximum atomic E-state index is 12.0. The first kappa shape index (κ1) is 14.8. The van der Waals surface area contributed by atoms with E-state index in [-0.39, 0.29) is 11.9 Å². The molecule has 18 heavy (non-hydrogen) atoms. The maximum absolute atomic E-state index is 12.0. The summed E-state index contributed by atoms with van der Waals surface area (Å²) >= 11 is 5.99. The molecule has 0 aliphatic rings. The van der Waals surface area contributed by atoms with E-state index in [0.717, 1.165) is 12.8 Å². The largest absolute Gasteiger partial charge is 0.399 e. The Bertz CT molecular complexity index is 407. The molecule has 0 saturated heterocycles. The molecule has 0 fully saturated rings. The number of benzene rings is 1. The highest BCUT2D eigenvalue weighted by Crippen LogP contribution is 2.19. The highest BCUT2D eigenvalue weighted by atomic mass is 35.5. The summed E-state index contributed by atoms with van der Waals surface area (Å²) in [4.78, 5) is 12.0. The molecule has 1 atom stereocenters. The summed E-state index contributed by atoms with van der Waals surface area (Å²) < 4.78 is 0. The molecule has 0 aromatic heterocycles. The van der Waals surface area contributed by atoms with Gasteiger partial charge < -0.3 is 11.1 Å². The summed E-state index contributed by atoms with van der Waals surface area (Å²) in [5.41, 5.74) is 6.64. The van der Waals surface area contributed by atoms with Crippen LogP contribution in [0.5, 0.6) is 0 Å². The maximum Gasteiger partial charge on any atom is 0.253 e. The van der Waals surface area contributed by atoms with Crippen LogP contribution in [0.1, 0.15) is 49.9 Å². The Morgan fingerprint density at radius 2 is 2.17 bits per heavy atom. The van der Waals surface area contributed by atoms with Gasteiger partial charge in [-0.3, -0.25) is 4.79 Å². The van der Waals surface area contributed by atoms with E-state index in [0.29, 0.717) is 16.3 Å². The van der Waals surface area contributed by atoms with E-state index < -0.39 is 0 Å². The van der Waals surface area contributed by atoms with Crippen molar-refractivity contribution in [3.05, 3.63) is 28.8 Å². The third kappa shape index (κ3) is 4.57. The molecule has 1 unspecified atom stereocenters. The Morgan fingerprint density at radius 1 is 1.44 bits per heavy atom. The molecule has 1 aromatic carbocycles. The fraction of sp³-hybridized carbons (Fsp3) is 0.500. The summed E-state index contributed by atoms with van der Waals surface area (Å²) in [7, 11) is 0. The number of nitrogens with one attached hydrogen (secondary N) is 1. The molecule has 0 spiro atoms. The standard InChI is InChI=1S/C14H21ClN2O/c1-3-4-5-6-10(2)17-14(18)12-8-7-11(16)9-13(12)15/h7-10H,3-6,16H2,1-2H3,(H,17,18). The van der Waals surface area contributed by atoms with Gasteiger partial charge in [0.2, 0.25) is 0 Å². The predicted molar refractivity (Wildman–Crippen MR) is 76.9 cm³/mol. The van der Waals surface area contributed by atoms with E-state index in [1.165, 1.54) is 12.8 Å². The number of hydrogen-bond acceptors (Lipinski definition) is 2. The average Bonchev–Trinajstić information content (AvgIpc) is 2.28. The Hall–Kier alpha value is -1.22. The lowest BCUT2D eigenvalue weighted by molar-refractivity contribution is 0.0938. The Morgan fingerprint density at radius 3 is 2.78 bits per heavy atom. The number of nitrogens with two attached hydrogens (primary N) is 1. The Kier molecular flexibility index (Phi) is 5.99. The van der Waals surface area contributed by atoms with Crippen LogP contribution in [0.4, 0.5) is 5.69 Å². The lowest BCUT2D eigenvalue weighted by atomic mass is 10.1. The minimum Gasteiger partial charge on any atom is -0.399 e. The first-order chi connectivity index (χ1) is 8.54. The van der Waals surface area contributed by atoms with E-state index in [9.17, 15) is 4.79 Å². The molecule has 100 valence electrons. The van der Waals surface area contributed by atoms with Gasteiger partial charge in [0.1, 0.15) is 0 Å². The van der Waals surface area contributed by atoms with Crippen LogP contribution in [0.2, 0.25) is 5.02 Å². The number of halogens is 1. The quantitative estimate of drug-likeness (QED) is 0.612. The summed E-state index contributed by atoms with van der Waals surface area (Å²) in [6.07, 6.45) is 4.51. The van der Waals surface area contributed by atoms with Crippen molar-refractivity contribution in [2.45, 2.75) is 45.6 Å². The van der Waals surface area contributed by atoms with Crippen LogP contribution in [0.3, 0.4) is 0 Å². The third-order valence-electron chi connectivity index (χ3n) is 2.86. The summed E-state index contributed by atoms with van der Waals surface area (Å²) in [5.74, 6) is -0.135. The van der Waals surface area contributed by atoms with Gasteiger partial charge in [0.15, 0.2) is 0 Å². The smallest absolute Gasteiger partial charge is 0.253 e. The Balaban J connectivity index is 2.54.